The quantitative estimate of drug-likeness (QED) is 0.817. The minimum absolute atomic E-state index is 0.0224. The lowest BCUT2D eigenvalue weighted by Crippen LogP contribution is -2.41. The van der Waals surface area contributed by atoms with Crippen LogP contribution in [-0.2, 0) is 0 Å². The maximum atomic E-state index is 13.4. The van der Waals surface area contributed by atoms with Gasteiger partial charge < -0.3 is 5.73 Å². The van der Waals surface area contributed by atoms with Crippen LogP contribution in [0.25, 0.3) is 0 Å². The van der Waals surface area contributed by atoms with Crippen molar-refractivity contribution in [3.05, 3.63) is 35.6 Å². The summed E-state index contributed by atoms with van der Waals surface area (Å²) in [7, 11) is 0. The number of benzene rings is 1. The van der Waals surface area contributed by atoms with E-state index in [4.69, 9.17) is 5.73 Å². The maximum absolute atomic E-state index is 13.4. The van der Waals surface area contributed by atoms with Crippen LogP contribution in [0.5, 0.6) is 0 Å². The van der Waals surface area contributed by atoms with Gasteiger partial charge in [0.25, 0.3) is 0 Å². The Morgan fingerprint density at radius 3 is 2.42 bits per heavy atom. The van der Waals surface area contributed by atoms with E-state index < -0.39 is 0 Å². The molecule has 0 aliphatic carbocycles. The number of halogens is 1. The summed E-state index contributed by atoms with van der Waals surface area (Å²) in [5, 5.41) is 0. The molecule has 0 amide bonds. The van der Waals surface area contributed by atoms with Crippen molar-refractivity contribution in [3.8, 4) is 0 Å². The molecular weight excluding hydrogens is 239 g/mol. The standard InChI is InChI=1S/C16H27FN2/c1-5-12(3)11-19(6-2)16(13(4)18)14-8-7-9-15(17)10-14/h7-10,12-13,16H,5-6,11,18H2,1-4H3. The van der Waals surface area contributed by atoms with Crippen LogP contribution >= 0.6 is 0 Å². The van der Waals surface area contributed by atoms with Gasteiger partial charge in [-0.05, 0) is 37.1 Å². The van der Waals surface area contributed by atoms with Gasteiger partial charge in [-0.1, -0.05) is 39.3 Å². The van der Waals surface area contributed by atoms with E-state index >= 15 is 0 Å². The highest BCUT2D eigenvalue weighted by molar-refractivity contribution is 5.21. The van der Waals surface area contributed by atoms with Crippen molar-refractivity contribution in [1.82, 2.24) is 4.90 Å². The van der Waals surface area contributed by atoms with Gasteiger partial charge >= 0.3 is 0 Å². The summed E-state index contributed by atoms with van der Waals surface area (Å²) in [5.41, 5.74) is 7.12. The number of likely N-dealkylation sites (N-methyl/N-ethyl adjacent to an activating group) is 1. The van der Waals surface area contributed by atoms with E-state index in [-0.39, 0.29) is 17.9 Å². The number of nitrogens with two attached hydrogens (primary N) is 1. The zero-order chi connectivity index (χ0) is 14.4. The van der Waals surface area contributed by atoms with Crippen LogP contribution in [0.2, 0.25) is 0 Å². The Balaban J connectivity index is 2.98. The van der Waals surface area contributed by atoms with Crippen LogP contribution in [0.1, 0.15) is 45.7 Å². The molecule has 0 saturated carbocycles. The Bertz CT molecular complexity index is 379. The zero-order valence-corrected chi connectivity index (χ0v) is 12.6. The Morgan fingerprint density at radius 2 is 1.95 bits per heavy atom. The molecular formula is C16H27FN2. The molecule has 3 atom stereocenters. The highest BCUT2D eigenvalue weighted by Crippen LogP contribution is 2.25. The van der Waals surface area contributed by atoms with E-state index in [1.54, 1.807) is 12.1 Å². The SMILES string of the molecule is CCC(C)CN(CC)C(c1cccc(F)c1)C(C)N. The minimum atomic E-state index is -0.192. The lowest BCUT2D eigenvalue weighted by molar-refractivity contribution is 0.160. The Labute approximate surface area is 116 Å². The topological polar surface area (TPSA) is 29.3 Å². The third kappa shape index (κ3) is 4.59. The maximum Gasteiger partial charge on any atom is 0.123 e. The predicted molar refractivity (Wildman–Crippen MR) is 79.5 cm³/mol. The van der Waals surface area contributed by atoms with Crippen molar-refractivity contribution in [2.24, 2.45) is 11.7 Å². The van der Waals surface area contributed by atoms with E-state index in [2.05, 4.69) is 25.7 Å². The molecule has 0 spiro atoms. The van der Waals surface area contributed by atoms with Crippen molar-refractivity contribution in [3.63, 3.8) is 0 Å². The summed E-state index contributed by atoms with van der Waals surface area (Å²) in [6, 6.07) is 6.87. The molecule has 1 aromatic carbocycles. The summed E-state index contributed by atoms with van der Waals surface area (Å²) in [6.45, 7) is 10.5. The van der Waals surface area contributed by atoms with Crippen molar-refractivity contribution in [2.45, 2.75) is 46.2 Å². The lowest BCUT2D eigenvalue weighted by atomic mass is 9.97. The Kier molecular flexibility index (Phi) is 6.46. The van der Waals surface area contributed by atoms with Crippen LogP contribution < -0.4 is 5.73 Å². The first-order valence-electron chi connectivity index (χ1n) is 7.24. The molecule has 1 rings (SSSR count). The van der Waals surface area contributed by atoms with Crippen molar-refractivity contribution < 1.29 is 4.39 Å². The van der Waals surface area contributed by atoms with E-state index in [1.807, 2.05) is 13.0 Å². The molecule has 2 nitrogen and oxygen atoms in total. The lowest BCUT2D eigenvalue weighted by Gasteiger charge is -2.35. The summed E-state index contributed by atoms with van der Waals surface area (Å²) >= 11 is 0. The van der Waals surface area contributed by atoms with Gasteiger partial charge in [-0.2, -0.15) is 0 Å². The average molecular weight is 266 g/mol. The van der Waals surface area contributed by atoms with E-state index in [0.29, 0.717) is 5.92 Å². The molecule has 2 N–H and O–H groups in total. The third-order valence-corrected chi connectivity index (χ3v) is 3.73. The minimum Gasteiger partial charge on any atom is -0.326 e. The molecule has 1 aromatic rings. The number of rotatable bonds is 7. The van der Waals surface area contributed by atoms with Crippen LogP contribution in [-0.4, -0.2) is 24.0 Å². The fourth-order valence-corrected chi connectivity index (χ4v) is 2.51. The fourth-order valence-electron chi connectivity index (χ4n) is 2.51. The second-order valence-electron chi connectivity index (χ2n) is 5.46. The average Bonchev–Trinajstić information content (AvgIpc) is 2.37. The number of nitrogens with zero attached hydrogens (tertiary/aromatic N) is 1. The molecule has 0 aliphatic rings. The largest absolute Gasteiger partial charge is 0.326 e. The van der Waals surface area contributed by atoms with E-state index in [0.717, 1.165) is 25.1 Å². The second-order valence-corrected chi connectivity index (χ2v) is 5.46. The fraction of sp³-hybridized carbons (Fsp3) is 0.625. The molecule has 3 heteroatoms. The highest BCUT2D eigenvalue weighted by Gasteiger charge is 2.24. The summed E-state index contributed by atoms with van der Waals surface area (Å²) in [5.74, 6) is 0.428. The summed E-state index contributed by atoms with van der Waals surface area (Å²) < 4.78 is 13.4. The first-order valence-corrected chi connectivity index (χ1v) is 7.24. The van der Waals surface area contributed by atoms with Crippen molar-refractivity contribution in [2.75, 3.05) is 13.1 Å². The molecule has 0 aromatic heterocycles. The molecule has 19 heavy (non-hydrogen) atoms. The van der Waals surface area contributed by atoms with Gasteiger partial charge in [-0.3, -0.25) is 4.90 Å². The van der Waals surface area contributed by atoms with E-state index in [9.17, 15) is 4.39 Å². The molecule has 3 unspecified atom stereocenters. The zero-order valence-electron chi connectivity index (χ0n) is 12.6. The van der Waals surface area contributed by atoms with Gasteiger partial charge in [-0.25, -0.2) is 4.39 Å². The smallest absolute Gasteiger partial charge is 0.123 e. The molecule has 0 fully saturated rings. The highest BCUT2D eigenvalue weighted by atomic mass is 19.1. The molecule has 0 saturated heterocycles. The first-order chi connectivity index (χ1) is 8.99. The van der Waals surface area contributed by atoms with E-state index in [1.165, 1.54) is 6.07 Å². The Morgan fingerprint density at radius 1 is 1.26 bits per heavy atom. The number of hydrogen-bond donors (Lipinski definition) is 1. The van der Waals surface area contributed by atoms with Crippen LogP contribution in [0.15, 0.2) is 24.3 Å². The summed E-state index contributed by atoms with van der Waals surface area (Å²) in [6.07, 6.45) is 1.14. The second kappa shape index (κ2) is 7.61. The van der Waals surface area contributed by atoms with Crippen LogP contribution in [0.4, 0.5) is 4.39 Å². The van der Waals surface area contributed by atoms with Gasteiger partial charge in [0.2, 0.25) is 0 Å². The van der Waals surface area contributed by atoms with Gasteiger partial charge in [0.15, 0.2) is 0 Å². The van der Waals surface area contributed by atoms with Gasteiger partial charge in [-0.15, -0.1) is 0 Å². The monoisotopic (exact) mass is 266 g/mol. The van der Waals surface area contributed by atoms with Gasteiger partial charge in [0.05, 0.1) is 0 Å². The molecule has 0 radical (unpaired) electrons. The van der Waals surface area contributed by atoms with Crippen molar-refractivity contribution in [1.29, 1.82) is 0 Å². The van der Waals surface area contributed by atoms with Gasteiger partial charge in [0.1, 0.15) is 5.82 Å². The molecule has 0 bridgehead atoms. The molecule has 0 heterocycles. The predicted octanol–water partition coefficient (Wildman–Crippen LogP) is 3.58. The summed E-state index contributed by atoms with van der Waals surface area (Å²) in [4.78, 5) is 2.35. The first kappa shape index (κ1) is 16.1. The number of hydrogen-bond acceptors (Lipinski definition) is 2. The van der Waals surface area contributed by atoms with Crippen LogP contribution in [0.3, 0.4) is 0 Å². The normalized spacial score (nSPS) is 16.4. The molecule has 108 valence electrons. The molecule has 0 aliphatic heterocycles. The third-order valence-electron chi connectivity index (χ3n) is 3.73. The Hall–Kier alpha value is -0.930. The van der Waals surface area contributed by atoms with Crippen LogP contribution in [0, 0.1) is 11.7 Å². The van der Waals surface area contributed by atoms with Crippen molar-refractivity contribution >= 4 is 0 Å². The van der Waals surface area contributed by atoms with Gasteiger partial charge in [0, 0.05) is 18.6 Å².